The van der Waals surface area contributed by atoms with Gasteiger partial charge in [-0.1, -0.05) is 44.2 Å². The van der Waals surface area contributed by atoms with Gasteiger partial charge in [-0.3, -0.25) is 0 Å². The van der Waals surface area contributed by atoms with Crippen LogP contribution in [0.3, 0.4) is 0 Å². The summed E-state index contributed by atoms with van der Waals surface area (Å²) in [6, 6.07) is 11.5. The Morgan fingerprint density at radius 3 is 2.53 bits per heavy atom. The number of methoxy groups -OCH3 is 1. The van der Waals surface area contributed by atoms with Crippen LogP contribution in [0.4, 0.5) is 0 Å². The average Bonchev–Trinajstić information content (AvgIpc) is 2.88. The molecule has 2 nitrogen and oxygen atoms in total. The third-order valence-corrected chi connectivity index (χ3v) is 4.38. The fourth-order valence-corrected chi connectivity index (χ4v) is 3.07. The molecule has 106 valence electrons. The zero-order valence-electron chi connectivity index (χ0n) is 12.4. The van der Waals surface area contributed by atoms with Crippen LogP contribution >= 0.6 is 0 Å². The molecule has 3 atom stereocenters. The van der Waals surface area contributed by atoms with Crippen LogP contribution in [0, 0.1) is 5.92 Å². The van der Waals surface area contributed by atoms with Crippen molar-refractivity contribution in [3.63, 3.8) is 0 Å². The highest BCUT2D eigenvalue weighted by molar-refractivity contribution is 5.20. The zero-order valence-corrected chi connectivity index (χ0v) is 12.4. The maximum Gasteiger partial charge on any atom is 0.0586 e. The molecule has 0 heterocycles. The van der Waals surface area contributed by atoms with E-state index in [0.29, 0.717) is 24.0 Å². The summed E-state index contributed by atoms with van der Waals surface area (Å²) in [5.41, 5.74) is 1.45. The Balaban J connectivity index is 1.88. The standard InChI is InChI=1S/C17H27NO/c1-13(2)17(14-7-5-4-6-8-14)12-18-15-9-10-16(11-15)19-3/h4-8,13,15-18H,9-12H2,1-3H3. The average molecular weight is 261 g/mol. The molecule has 0 aliphatic heterocycles. The van der Waals surface area contributed by atoms with Gasteiger partial charge in [-0.25, -0.2) is 0 Å². The summed E-state index contributed by atoms with van der Waals surface area (Å²) in [6.07, 6.45) is 4.08. The lowest BCUT2D eigenvalue weighted by Crippen LogP contribution is -2.32. The van der Waals surface area contributed by atoms with Crippen LogP contribution in [0.15, 0.2) is 30.3 Å². The fourth-order valence-electron chi connectivity index (χ4n) is 3.07. The molecule has 1 aromatic rings. The molecule has 1 aromatic carbocycles. The van der Waals surface area contributed by atoms with E-state index in [9.17, 15) is 0 Å². The van der Waals surface area contributed by atoms with E-state index >= 15 is 0 Å². The first-order valence-corrected chi connectivity index (χ1v) is 7.51. The summed E-state index contributed by atoms with van der Waals surface area (Å²) in [7, 11) is 1.83. The Labute approximate surface area is 117 Å². The van der Waals surface area contributed by atoms with Gasteiger partial charge in [-0.05, 0) is 36.7 Å². The summed E-state index contributed by atoms with van der Waals surface area (Å²) < 4.78 is 5.44. The lowest BCUT2D eigenvalue weighted by Gasteiger charge is -2.24. The first kappa shape index (κ1) is 14.5. The van der Waals surface area contributed by atoms with Gasteiger partial charge in [0.2, 0.25) is 0 Å². The minimum absolute atomic E-state index is 0.465. The van der Waals surface area contributed by atoms with Crippen molar-refractivity contribution in [3.05, 3.63) is 35.9 Å². The molecule has 0 amide bonds. The molecule has 2 rings (SSSR count). The quantitative estimate of drug-likeness (QED) is 0.845. The molecule has 1 saturated carbocycles. The minimum Gasteiger partial charge on any atom is -0.381 e. The van der Waals surface area contributed by atoms with Crippen LogP contribution in [-0.2, 0) is 4.74 Å². The van der Waals surface area contributed by atoms with Gasteiger partial charge in [0.15, 0.2) is 0 Å². The Morgan fingerprint density at radius 1 is 1.21 bits per heavy atom. The molecule has 1 N–H and O–H groups in total. The van der Waals surface area contributed by atoms with Crippen molar-refractivity contribution in [2.75, 3.05) is 13.7 Å². The van der Waals surface area contributed by atoms with E-state index in [1.54, 1.807) is 0 Å². The van der Waals surface area contributed by atoms with Crippen LogP contribution in [0.2, 0.25) is 0 Å². The highest BCUT2D eigenvalue weighted by Gasteiger charge is 2.25. The van der Waals surface area contributed by atoms with E-state index in [2.05, 4.69) is 49.5 Å². The van der Waals surface area contributed by atoms with Crippen molar-refractivity contribution in [2.45, 2.75) is 51.2 Å². The topological polar surface area (TPSA) is 21.3 Å². The molecule has 0 saturated heterocycles. The van der Waals surface area contributed by atoms with Crippen LogP contribution < -0.4 is 5.32 Å². The first-order chi connectivity index (χ1) is 9.20. The van der Waals surface area contributed by atoms with Gasteiger partial charge < -0.3 is 10.1 Å². The van der Waals surface area contributed by atoms with Crippen LogP contribution in [-0.4, -0.2) is 25.8 Å². The zero-order chi connectivity index (χ0) is 13.7. The first-order valence-electron chi connectivity index (χ1n) is 7.51. The van der Waals surface area contributed by atoms with Gasteiger partial charge in [-0.15, -0.1) is 0 Å². The molecule has 0 radical (unpaired) electrons. The van der Waals surface area contributed by atoms with Crippen molar-refractivity contribution >= 4 is 0 Å². The minimum atomic E-state index is 0.465. The normalized spacial score (nSPS) is 24.8. The molecular weight excluding hydrogens is 234 g/mol. The van der Waals surface area contributed by atoms with E-state index in [1.807, 2.05) is 7.11 Å². The van der Waals surface area contributed by atoms with Crippen molar-refractivity contribution in [1.82, 2.24) is 5.32 Å². The summed E-state index contributed by atoms with van der Waals surface area (Å²) in [5, 5.41) is 3.75. The maximum absolute atomic E-state index is 5.44. The lowest BCUT2D eigenvalue weighted by atomic mass is 9.88. The predicted octanol–water partition coefficient (Wildman–Crippen LogP) is 3.58. The van der Waals surface area contributed by atoms with E-state index in [4.69, 9.17) is 4.74 Å². The number of nitrogens with one attached hydrogen (secondary N) is 1. The Kier molecular flexibility index (Phi) is 5.41. The Bertz CT molecular complexity index is 363. The smallest absolute Gasteiger partial charge is 0.0586 e. The molecule has 1 fully saturated rings. The number of rotatable bonds is 6. The molecule has 3 unspecified atom stereocenters. The fraction of sp³-hybridized carbons (Fsp3) is 0.647. The van der Waals surface area contributed by atoms with Crippen LogP contribution in [0.25, 0.3) is 0 Å². The summed E-state index contributed by atoms with van der Waals surface area (Å²) in [4.78, 5) is 0. The Hall–Kier alpha value is -0.860. The molecule has 19 heavy (non-hydrogen) atoms. The van der Waals surface area contributed by atoms with Gasteiger partial charge in [0.25, 0.3) is 0 Å². The van der Waals surface area contributed by atoms with Crippen LogP contribution in [0.5, 0.6) is 0 Å². The van der Waals surface area contributed by atoms with Gasteiger partial charge in [0.05, 0.1) is 6.10 Å². The van der Waals surface area contributed by atoms with Crippen molar-refractivity contribution < 1.29 is 4.74 Å². The van der Waals surface area contributed by atoms with Crippen molar-refractivity contribution in [2.24, 2.45) is 5.92 Å². The molecular formula is C17H27NO. The second-order valence-corrected chi connectivity index (χ2v) is 6.04. The molecule has 0 spiro atoms. The molecule has 1 aliphatic rings. The lowest BCUT2D eigenvalue weighted by molar-refractivity contribution is 0.107. The molecule has 2 heteroatoms. The SMILES string of the molecule is COC1CCC(NCC(c2ccccc2)C(C)C)C1. The highest BCUT2D eigenvalue weighted by Crippen LogP contribution is 2.26. The third-order valence-electron chi connectivity index (χ3n) is 4.38. The van der Waals surface area contributed by atoms with Crippen molar-refractivity contribution in [1.29, 1.82) is 0 Å². The second-order valence-electron chi connectivity index (χ2n) is 6.04. The van der Waals surface area contributed by atoms with E-state index < -0.39 is 0 Å². The van der Waals surface area contributed by atoms with Gasteiger partial charge in [0, 0.05) is 19.7 Å². The summed E-state index contributed by atoms with van der Waals surface area (Å²) in [6.45, 7) is 5.70. The second kappa shape index (κ2) is 7.06. The maximum atomic E-state index is 5.44. The van der Waals surface area contributed by atoms with Crippen LogP contribution in [0.1, 0.15) is 44.6 Å². The van der Waals surface area contributed by atoms with E-state index in [1.165, 1.54) is 18.4 Å². The monoisotopic (exact) mass is 261 g/mol. The summed E-state index contributed by atoms with van der Waals surface area (Å²) in [5.74, 6) is 1.26. The predicted molar refractivity (Wildman–Crippen MR) is 80.5 cm³/mol. The van der Waals surface area contributed by atoms with Gasteiger partial charge in [0.1, 0.15) is 0 Å². The number of ether oxygens (including phenoxy) is 1. The highest BCUT2D eigenvalue weighted by atomic mass is 16.5. The Morgan fingerprint density at radius 2 is 1.95 bits per heavy atom. The molecule has 0 aromatic heterocycles. The van der Waals surface area contributed by atoms with E-state index in [-0.39, 0.29) is 0 Å². The van der Waals surface area contributed by atoms with Crippen molar-refractivity contribution in [3.8, 4) is 0 Å². The van der Waals surface area contributed by atoms with E-state index in [0.717, 1.165) is 13.0 Å². The third kappa shape index (κ3) is 4.05. The summed E-state index contributed by atoms with van der Waals surface area (Å²) >= 11 is 0. The van der Waals surface area contributed by atoms with Gasteiger partial charge >= 0.3 is 0 Å². The number of hydrogen-bond acceptors (Lipinski definition) is 2. The largest absolute Gasteiger partial charge is 0.381 e. The molecule has 0 bridgehead atoms. The molecule has 1 aliphatic carbocycles. The number of hydrogen-bond donors (Lipinski definition) is 1. The number of benzene rings is 1. The van der Waals surface area contributed by atoms with Gasteiger partial charge in [-0.2, -0.15) is 0 Å².